The van der Waals surface area contributed by atoms with E-state index in [9.17, 15) is 4.21 Å². The van der Waals surface area contributed by atoms with E-state index in [2.05, 4.69) is 12.2 Å². The van der Waals surface area contributed by atoms with E-state index >= 15 is 0 Å². The van der Waals surface area contributed by atoms with E-state index in [4.69, 9.17) is 0 Å². The van der Waals surface area contributed by atoms with Gasteiger partial charge in [-0.15, -0.1) is 0 Å². The van der Waals surface area contributed by atoms with Gasteiger partial charge in [0.2, 0.25) is 0 Å². The second-order valence-corrected chi connectivity index (χ2v) is 7.79. The van der Waals surface area contributed by atoms with Gasteiger partial charge in [0.1, 0.15) is 0 Å². The topological polar surface area (TPSA) is 29.1 Å². The van der Waals surface area contributed by atoms with E-state index in [0.717, 1.165) is 18.2 Å². The Morgan fingerprint density at radius 3 is 2.40 bits per heavy atom. The molecule has 1 aliphatic rings. The quantitative estimate of drug-likeness (QED) is 0.760. The molecule has 3 heteroatoms. The first-order valence-electron chi connectivity index (χ1n) is 6.07. The molecule has 1 saturated carbocycles. The van der Waals surface area contributed by atoms with Crippen LogP contribution in [0.15, 0.2) is 0 Å². The molecule has 2 atom stereocenters. The zero-order valence-corrected chi connectivity index (χ0v) is 11.3. The fourth-order valence-electron chi connectivity index (χ4n) is 1.79. The summed E-state index contributed by atoms with van der Waals surface area (Å²) in [6, 6.07) is 0.668. The van der Waals surface area contributed by atoms with Crippen molar-refractivity contribution in [1.82, 2.24) is 5.32 Å². The molecule has 1 N–H and O–H groups in total. The maximum absolute atomic E-state index is 11.8. The highest BCUT2D eigenvalue weighted by Crippen LogP contribution is 2.33. The van der Waals surface area contributed by atoms with Crippen LogP contribution in [0.4, 0.5) is 0 Å². The summed E-state index contributed by atoms with van der Waals surface area (Å²) in [4.78, 5) is 0. The molecule has 15 heavy (non-hydrogen) atoms. The Morgan fingerprint density at radius 1 is 1.40 bits per heavy atom. The predicted molar refractivity (Wildman–Crippen MR) is 67.6 cm³/mol. The molecule has 2 nitrogen and oxygen atoms in total. The maximum Gasteiger partial charge on any atom is 0.0375 e. The van der Waals surface area contributed by atoms with Gasteiger partial charge < -0.3 is 5.32 Å². The van der Waals surface area contributed by atoms with Crippen molar-refractivity contribution < 1.29 is 4.21 Å². The Bertz CT molecular complexity index is 218. The van der Waals surface area contributed by atoms with E-state index < -0.39 is 10.8 Å². The minimum Gasteiger partial charge on any atom is -0.313 e. The highest BCUT2D eigenvalue weighted by molar-refractivity contribution is 7.86. The van der Waals surface area contributed by atoms with Crippen LogP contribution in [0.1, 0.15) is 47.0 Å². The van der Waals surface area contributed by atoms with Crippen molar-refractivity contribution in [2.24, 2.45) is 5.92 Å². The lowest BCUT2D eigenvalue weighted by Crippen LogP contribution is -2.36. The summed E-state index contributed by atoms with van der Waals surface area (Å²) in [5.74, 6) is 1.69. The Balaban J connectivity index is 2.17. The standard InChI is InChI=1S/C12H25NOS/c1-5-11(10-6-7-10)13-8-9-15(14)12(2,3)4/h10-11,13H,5-9H2,1-4H3. The first-order chi connectivity index (χ1) is 6.95. The number of nitrogens with one attached hydrogen (secondary N) is 1. The second-order valence-electron chi connectivity index (χ2n) is 5.47. The average Bonchev–Trinajstić information content (AvgIpc) is 2.93. The SMILES string of the molecule is CCC(NCCS(=O)C(C)(C)C)C1CC1. The summed E-state index contributed by atoms with van der Waals surface area (Å²) in [5, 5.41) is 3.54. The van der Waals surface area contributed by atoms with Crippen molar-refractivity contribution in [3.8, 4) is 0 Å². The van der Waals surface area contributed by atoms with E-state index in [0.29, 0.717) is 6.04 Å². The third kappa shape index (κ3) is 4.64. The molecule has 1 aliphatic carbocycles. The number of hydrogen-bond donors (Lipinski definition) is 1. The molecule has 0 saturated heterocycles. The normalized spacial score (nSPS) is 21.3. The van der Waals surface area contributed by atoms with Crippen molar-refractivity contribution in [2.45, 2.75) is 57.7 Å². The van der Waals surface area contributed by atoms with Gasteiger partial charge >= 0.3 is 0 Å². The molecule has 0 aromatic heterocycles. The van der Waals surface area contributed by atoms with Crippen molar-refractivity contribution >= 4 is 10.8 Å². The van der Waals surface area contributed by atoms with Crippen molar-refractivity contribution in [3.05, 3.63) is 0 Å². The number of hydrogen-bond acceptors (Lipinski definition) is 2. The van der Waals surface area contributed by atoms with Crippen LogP contribution in [0.25, 0.3) is 0 Å². The second kappa shape index (κ2) is 5.44. The fraction of sp³-hybridized carbons (Fsp3) is 1.00. The Morgan fingerprint density at radius 2 is 2.00 bits per heavy atom. The van der Waals surface area contributed by atoms with Gasteiger partial charge in [-0.2, -0.15) is 0 Å². The summed E-state index contributed by atoms with van der Waals surface area (Å²) in [7, 11) is -0.711. The van der Waals surface area contributed by atoms with Crippen LogP contribution in [0.5, 0.6) is 0 Å². The highest BCUT2D eigenvalue weighted by atomic mass is 32.2. The van der Waals surface area contributed by atoms with E-state index in [1.807, 2.05) is 20.8 Å². The molecule has 0 radical (unpaired) electrons. The molecule has 0 amide bonds. The molecule has 0 aliphatic heterocycles. The largest absolute Gasteiger partial charge is 0.313 e. The molecular weight excluding hydrogens is 206 g/mol. The van der Waals surface area contributed by atoms with Crippen LogP contribution in [-0.4, -0.2) is 27.3 Å². The van der Waals surface area contributed by atoms with Gasteiger partial charge in [0.05, 0.1) is 0 Å². The van der Waals surface area contributed by atoms with E-state index in [-0.39, 0.29) is 4.75 Å². The van der Waals surface area contributed by atoms with E-state index in [1.54, 1.807) is 0 Å². The van der Waals surface area contributed by atoms with Crippen LogP contribution in [0.2, 0.25) is 0 Å². The van der Waals surface area contributed by atoms with Gasteiger partial charge in [-0.05, 0) is 46.0 Å². The Kier molecular flexibility index (Phi) is 4.78. The summed E-state index contributed by atoms with van der Waals surface area (Å²) < 4.78 is 11.7. The van der Waals surface area contributed by atoms with Gasteiger partial charge in [-0.1, -0.05) is 6.92 Å². The Labute approximate surface area is 96.7 Å². The molecule has 0 bridgehead atoms. The van der Waals surface area contributed by atoms with Gasteiger partial charge in [-0.25, -0.2) is 0 Å². The van der Waals surface area contributed by atoms with Gasteiger partial charge in [0, 0.05) is 33.9 Å². The van der Waals surface area contributed by atoms with Crippen LogP contribution >= 0.6 is 0 Å². The lowest BCUT2D eigenvalue weighted by molar-refractivity contribution is 0.462. The fourth-order valence-corrected chi connectivity index (χ4v) is 2.70. The van der Waals surface area contributed by atoms with Crippen LogP contribution < -0.4 is 5.32 Å². The summed E-state index contributed by atoms with van der Waals surface area (Å²) in [6.07, 6.45) is 3.97. The molecule has 1 fully saturated rings. The molecular formula is C12H25NOS. The van der Waals surface area contributed by atoms with Gasteiger partial charge in [-0.3, -0.25) is 4.21 Å². The summed E-state index contributed by atoms with van der Waals surface area (Å²) in [6.45, 7) is 9.26. The summed E-state index contributed by atoms with van der Waals surface area (Å²) >= 11 is 0. The monoisotopic (exact) mass is 231 g/mol. The highest BCUT2D eigenvalue weighted by Gasteiger charge is 2.29. The third-order valence-corrected chi connectivity index (χ3v) is 4.95. The molecule has 90 valence electrons. The minimum atomic E-state index is -0.711. The van der Waals surface area contributed by atoms with E-state index in [1.165, 1.54) is 19.3 Å². The first-order valence-corrected chi connectivity index (χ1v) is 7.39. The third-order valence-electron chi connectivity index (χ3n) is 3.01. The van der Waals surface area contributed by atoms with Crippen molar-refractivity contribution in [2.75, 3.05) is 12.3 Å². The maximum atomic E-state index is 11.8. The van der Waals surface area contributed by atoms with Crippen LogP contribution in [0, 0.1) is 5.92 Å². The molecule has 1 rings (SSSR count). The van der Waals surface area contributed by atoms with Crippen molar-refractivity contribution in [1.29, 1.82) is 0 Å². The zero-order valence-electron chi connectivity index (χ0n) is 10.5. The molecule has 2 unspecified atom stereocenters. The lowest BCUT2D eigenvalue weighted by Gasteiger charge is -2.20. The molecule has 0 spiro atoms. The van der Waals surface area contributed by atoms with Crippen LogP contribution in [0.3, 0.4) is 0 Å². The Hall–Kier alpha value is 0.110. The molecule has 0 heterocycles. The van der Waals surface area contributed by atoms with Crippen LogP contribution in [-0.2, 0) is 10.8 Å². The molecule has 0 aromatic rings. The zero-order chi connectivity index (χ0) is 11.5. The minimum absolute atomic E-state index is 0.0665. The number of rotatable bonds is 6. The first kappa shape index (κ1) is 13.2. The summed E-state index contributed by atoms with van der Waals surface area (Å²) in [5.41, 5.74) is 0. The smallest absolute Gasteiger partial charge is 0.0375 e. The van der Waals surface area contributed by atoms with Crippen molar-refractivity contribution in [3.63, 3.8) is 0 Å². The van der Waals surface area contributed by atoms with Gasteiger partial charge in [0.25, 0.3) is 0 Å². The molecule has 0 aromatic carbocycles. The average molecular weight is 231 g/mol. The lowest BCUT2D eigenvalue weighted by atomic mass is 10.1. The van der Waals surface area contributed by atoms with Gasteiger partial charge in [0.15, 0.2) is 0 Å². The predicted octanol–water partition coefficient (Wildman–Crippen LogP) is 2.31.